The van der Waals surface area contributed by atoms with E-state index in [1.165, 1.54) is 0 Å². The number of amides is 2. The molecule has 27 heavy (non-hydrogen) atoms. The maximum absolute atomic E-state index is 12.7. The van der Waals surface area contributed by atoms with Crippen molar-refractivity contribution in [3.05, 3.63) is 48.5 Å². The number of urea groups is 1. The first kappa shape index (κ1) is 17.5. The van der Waals surface area contributed by atoms with Crippen LogP contribution in [0.1, 0.15) is 12.8 Å². The van der Waals surface area contributed by atoms with Crippen molar-refractivity contribution in [2.45, 2.75) is 12.8 Å². The molecular weight excluding hydrogens is 362 g/mol. The van der Waals surface area contributed by atoms with Crippen molar-refractivity contribution in [3.8, 4) is 10.6 Å². The first-order chi connectivity index (χ1) is 13.1. The third-order valence-corrected chi connectivity index (χ3v) is 5.82. The number of aromatic nitrogens is 1. The summed E-state index contributed by atoms with van der Waals surface area (Å²) in [4.78, 5) is 30.2. The van der Waals surface area contributed by atoms with Crippen molar-refractivity contribution in [2.75, 3.05) is 18.4 Å². The highest BCUT2D eigenvalue weighted by Gasteiger charge is 2.28. The number of piperidine rings is 1. The predicted molar refractivity (Wildman–Crippen MR) is 106 cm³/mol. The van der Waals surface area contributed by atoms with Crippen LogP contribution in [-0.2, 0) is 4.79 Å². The second kappa shape index (κ2) is 7.36. The monoisotopic (exact) mass is 381 g/mol. The van der Waals surface area contributed by atoms with Gasteiger partial charge in [-0.15, -0.1) is 11.3 Å². The molecule has 1 aliphatic rings. The van der Waals surface area contributed by atoms with Crippen LogP contribution < -0.4 is 5.32 Å². The second-order valence-electron chi connectivity index (χ2n) is 6.59. The molecule has 1 aromatic heterocycles. The molecule has 1 aliphatic heterocycles. The van der Waals surface area contributed by atoms with Crippen LogP contribution in [0.2, 0.25) is 0 Å². The summed E-state index contributed by atoms with van der Waals surface area (Å²) in [6, 6.07) is 15.2. The van der Waals surface area contributed by atoms with Gasteiger partial charge in [-0.05, 0) is 37.1 Å². The third kappa shape index (κ3) is 3.64. The van der Waals surface area contributed by atoms with Gasteiger partial charge in [0.1, 0.15) is 5.01 Å². The summed E-state index contributed by atoms with van der Waals surface area (Å²) in [5, 5.41) is 13.0. The fraction of sp³-hybridized carbons (Fsp3) is 0.250. The lowest BCUT2D eigenvalue weighted by Gasteiger charge is -2.30. The molecule has 2 N–H and O–H groups in total. The van der Waals surface area contributed by atoms with Gasteiger partial charge in [0.2, 0.25) is 0 Å². The summed E-state index contributed by atoms with van der Waals surface area (Å²) in [5.74, 6) is -1.34. The average molecular weight is 381 g/mol. The van der Waals surface area contributed by atoms with Gasteiger partial charge < -0.3 is 15.3 Å². The van der Waals surface area contributed by atoms with Gasteiger partial charge in [0, 0.05) is 18.7 Å². The molecule has 0 spiro atoms. The van der Waals surface area contributed by atoms with Crippen LogP contribution in [0.4, 0.5) is 10.5 Å². The first-order valence-corrected chi connectivity index (χ1v) is 9.67. The van der Waals surface area contributed by atoms with Crippen molar-refractivity contribution < 1.29 is 14.7 Å². The fourth-order valence-corrected chi connectivity index (χ4v) is 4.33. The van der Waals surface area contributed by atoms with Gasteiger partial charge in [0.05, 0.1) is 21.8 Å². The summed E-state index contributed by atoms with van der Waals surface area (Å²) in [5.41, 5.74) is 2.47. The molecule has 6 nitrogen and oxygen atoms in total. The number of anilines is 1. The van der Waals surface area contributed by atoms with Crippen LogP contribution in [0.3, 0.4) is 0 Å². The van der Waals surface area contributed by atoms with E-state index >= 15 is 0 Å². The Morgan fingerprint density at radius 3 is 2.74 bits per heavy atom. The number of carbonyl (C=O) groups is 2. The van der Waals surface area contributed by atoms with Crippen LogP contribution in [0.15, 0.2) is 48.5 Å². The van der Waals surface area contributed by atoms with Crippen molar-refractivity contribution >= 4 is 39.2 Å². The van der Waals surface area contributed by atoms with Gasteiger partial charge in [0.25, 0.3) is 0 Å². The molecule has 0 saturated carbocycles. The summed E-state index contributed by atoms with van der Waals surface area (Å²) in [6.07, 6.45) is 1.31. The number of nitrogens with one attached hydrogen (secondary N) is 1. The van der Waals surface area contributed by atoms with E-state index in [1.54, 1.807) is 16.2 Å². The summed E-state index contributed by atoms with van der Waals surface area (Å²) >= 11 is 1.58. The maximum Gasteiger partial charge on any atom is 0.321 e. The fourth-order valence-electron chi connectivity index (χ4n) is 3.32. The molecule has 0 radical (unpaired) electrons. The SMILES string of the molecule is O=C(O)C1CCCN(C(=O)Nc2ccccc2-c2nc3ccccc3s2)C1. The van der Waals surface area contributed by atoms with E-state index in [9.17, 15) is 14.7 Å². The number of carbonyl (C=O) groups excluding carboxylic acids is 1. The number of rotatable bonds is 3. The Balaban J connectivity index is 1.58. The van der Waals surface area contributed by atoms with Crippen LogP contribution >= 0.6 is 11.3 Å². The number of para-hydroxylation sites is 2. The first-order valence-electron chi connectivity index (χ1n) is 8.85. The van der Waals surface area contributed by atoms with Gasteiger partial charge >= 0.3 is 12.0 Å². The van der Waals surface area contributed by atoms with Gasteiger partial charge in [-0.25, -0.2) is 9.78 Å². The van der Waals surface area contributed by atoms with E-state index in [0.29, 0.717) is 25.1 Å². The molecule has 1 unspecified atom stereocenters. The Bertz CT molecular complexity index is 968. The molecule has 0 aliphatic carbocycles. The normalized spacial score (nSPS) is 17.0. The van der Waals surface area contributed by atoms with Crippen LogP contribution in [0, 0.1) is 5.92 Å². The molecular formula is C20H19N3O3S. The number of nitrogens with zero attached hydrogens (tertiary/aromatic N) is 2. The molecule has 3 aromatic rings. The maximum atomic E-state index is 12.7. The summed E-state index contributed by atoms with van der Waals surface area (Å²) in [6.45, 7) is 0.809. The average Bonchev–Trinajstić information content (AvgIpc) is 3.12. The largest absolute Gasteiger partial charge is 0.481 e. The molecule has 2 aromatic carbocycles. The zero-order valence-corrected chi connectivity index (χ0v) is 15.4. The number of benzene rings is 2. The number of fused-ring (bicyclic) bond motifs is 1. The Hall–Kier alpha value is -2.93. The zero-order valence-electron chi connectivity index (χ0n) is 14.6. The molecule has 138 valence electrons. The highest BCUT2D eigenvalue weighted by molar-refractivity contribution is 7.21. The van der Waals surface area contributed by atoms with E-state index in [0.717, 1.165) is 20.8 Å². The van der Waals surface area contributed by atoms with E-state index in [2.05, 4.69) is 10.3 Å². The predicted octanol–water partition coefficient (Wildman–Crippen LogP) is 4.29. The minimum absolute atomic E-state index is 0.241. The molecule has 2 heterocycles. The lowest BCUT2D eigenvalue weighted by Crippen LogP contribution is -2.44. The van der Waals surface area contributed by atoms with E-state index in [4.69, 9.17) is 0 Å². The highest BCUT2D eigenvalue weighted by atomic mass is 32.1. The Morgan fingerprint density at radius 1 is 1.15 bits per heavy atom. The highest BCUT2D eigenvalue weighted by Crippen LogP contribution is 2.34. The molecule has 2 amide bonds. The zero-order chi connectivity index (χ0) is 18.8. The number of hydrogen-bond acceptors (Lipinski definition) is 4. The number of thiazole rings is 1. The van der Waals surface area contributed by atoms with Crippen molar-refractivity contribution in [1.82, 2.24) is 9.88 Å². The molecule has 0 bridgehead atoms. The molecule has 1 atom stereocenters. The quantitative estimate of drug-likeness (QED) is 0.709. The minimum atomic E-state index is -0.845. The van der Waals surface area contributed by atoms with E-state index in [-0.39, 0.29) is 12.6 Å². The van der Waals surface area contributed by atoms with Crippen molar-refractivity contribution in [2.24, 2.45) is 5.92 Å². The van der Waals surface area contributed by atoms with Gasteiger partial charge in [-0.3, -0.25) is 4.79 Å². The minimum Gasteiger partial charge on any atom is -0.481 e. The molecule has 7 heteroatoms. The third-order valence-electron chi connectivity index (χ3n) is 4.75. The van der Waals surface area contributed by atoms with Crippen LogP contribution in [0.25, 0.3) is 20.8 Å². The smallest absolute Gasteiger partial charge is 0.321 e. The van der Waals surface area contributed by atoms with E-state index < -0.39 is 11.9 Å². The topological polar surface area (TPSA) is 82.5 Å². The number of aliphatic carboxylic acids is 1. The number of likely N-dealkylation sites (tertiary alicyclic amines) is 1. The van der Waals surface area contributed by atoms with Gasteiger partial charge in [-0.1, -0.05) is 24.3 Å². The number of hydrogen-bond donors (Lipinski definition) is 2. The van der Waals surface area contributed by atoms with Crippen molar-refractivity contribution in [3.63, 3.8) is 0 Å². The standard InChI is InChI=1S/C20H19N3O3S/c24-19(25)13-6-5-11-23(12-13)20(26)22-15-8-2-1-7-14(15)18-21-16-9-3-4-10-17(16)27-18/h1-4,7-10,13H,5-6,11-12H2,(H,22,26)(H,24,25). The Kier molecular flexibility index (Phi) is 4.77. The lowest BCUT2D eigenvalue weighted by molar-refractivity contribution is -0.143. The molecule has 1 fully saturated rings. The second-order valence-corrected chi connectivity index (χ2v) is 7.62. The van der Waals surface area contributed by atoms with Crippen molar-refractivity contribution in [1.29, 1.82) is 0 Å². The van der Waals surface area contributed by atoms with Crippen LogP contribution in [-0.4, -0.2) is 40.1 Å². The molecule has 4 rings (SSSR count). The molecule has 1 saturated heterocycles. The van der Waals surface area contributed by atoms with E-state index in [1.807, 2.05) is 48.5 Å². The summed E-state index contributed by atoms with van der Waals surface area (Å²) < 4.78 is 1.09. The van der Waals surface area contributed by atoms with Crippen LogP contribution in [0.5, 0.6) is 0 Å². The Labute approximate surface area is 160 Å². The van der Waals surface area contributed by atoms with Gasteiger partial charge in [0.15, 0.2) is 0 Å². The number of carboxylic acid groups (broad SMARTS) is 1. The summed E-state index contributed by atoms with van der Waals surface area (Å²) in [7, 11) is 0. The Morgan fingerprint density at radius 2 is 1.93 bits per heavy atom. The lowest BCUT2D eigenvalue weighted by atomic mass is 9.99. The van der Waals surface area contributed by atoms with Gasteiger partial charge in [-0.2, -0.15) is 0 Å². The number of carboxylic acids is 1.